The number of rotatable bonds is 7. The van der Waals surface area contributed by atoms with Gasteiger partial charge in [0.1, 0.15) is 11.9 Å². The SMILES string of the molecule is C[C@H](CO)N1C[C@H](C)[C@@H](CN(C)C(=O)Nc2ccc3c(c2)OCO3)Oc2ccc(NC(=O)C3CC3)cc2C1=O. The number of anilines is 2. The van der Waals surface area contributed by atoms with Crippen molar-refractivity contribution in [2.45, 2.75) is 38.8 Å². The summed E-state index contributed by atoms with van der Waals surface area (Å²) in [5.41, 5.74) is 1.39. The van der Waals surface area contributed by atoms with E-state index in [2.05, 4.69) is 10.6 Å². The number of carbonyl (C=O) groups is 3. The molecule has 3 aliphatic rings. The van der Waals surface area contributed by atoms with Gasteiger partial charge in [-0.25, -0.2) is 4.79 Å². The molecule has 39 heavy (non-hydrogen) atoms. The number of benzene rings is 2. The number of nitrogens with zero attached hydrogens (tertiary/aromatic N) is 2. The Hall–Kier alpha value is -3.99. The minimum atomic E-state index is -0.454. The molecule has 0 aromatic heterocycles. The van der Waals surface area contributed by atoms with E-state index in [1.165, 1.54) is 4.90 Å². The summed E-state index contributed by atoms with van der Waals surface area (Å²) >= 11 is 0. The van der Waals surface area contributed by atoms with Crippen molar-refractivity contribution in [3.05, 3.63) is 42.0 Å². The number of amides is 4. The average Bonchev–Trinajstić information content (AvgIpc) is 3.68. The lowest BCUT2D eigenvalue weighted by Crippen LogP contribution is -2.50. The number of aliphatic hydroxyl groups excluding tert-OH is 1. The van der Waals surface area contributed by atoms with Gasteiger partial charge in [-0.15, -0.1) is 0 Å². The second-order valence-corrected chi connectivity index (χ2v) is 10.5. The normalized spacial score (nSPS) is 20.7. The maximum Gasteiger partial charge on any atom is 0.321 e. The quantitative estimate of drug-likeness (QED) is 0.494. The Balaban J connectivity index is 1.34. The van der Waals surface area contributed by atoms with Crippen LogP contribution in [0.15, 0.2) is 36.4 Å². The fourth-order valence-corrected chi connectivity index (χ4v) is 4.65. The van der Waals surface area contributed by atoms with Gasteiger partial charge < -0.3 is 39.8 Å². The van der Waals surface area contributed by atoms with E-state index in [1.54, 1.807) is 55.3 Å². The second-order valence-electron chi connectivity index (χ2n) is 10.5. The summed E-state index contributed by atoms with van der Waals surface area (Å²) in [4.78, 5) is 42.0. The molecule has 208 valence electrons. The number of hydrogen-bond acceptors (Lipinski definition) is 7. The lowest BCUT2D eigenvalue weighted by molar-refractivity contribution is -0.117. The van der Waals surface area contributed by atoms with Crippen molar-refractivity contribution >= 4 is 29.2 Å². The summed E-state index contributed by atoms with van der Waals surface area (Å²) < 4.78 is 17.1. The van der Waals surface area contributed by atoms with Crippen LogP contribution in [0.4, 0.5) is 16.2 Å². The summed E-state index contributed by atoms with van der Waals surface area (Å²) in [5, 5.41) is 15.6. The summed E-state index contributed by atoms with van der Waals surface area (Å²) in [7, 11) is 1.67. The van der Waals surface area contributed by atoms with E-state index in [0.717, 1.165) is 12.8 Å². The summed E-state index contributed by atoms with van der Waals surface area (Å²) in [6, 6.07) is 9.44. The van der Waals surface area contributed by atoms with Gasteiger partial charge in [-0.2, -0.15) is 0 Å². The summed E-state index contributed by atoms with van der Waals surface area (Å²) in [5.74, 6) is 1.08. The van der Waals surface area contributed by atoms with Crippen LogP contribution in [0.25, 0.3) is 0 Å². The van der Waals surface area contributed by atoms with E-state index in [0.29, 0.717) is 40.7 Å². The number of aliphatic hydroxyl groups is 1. The molecule has 0 radical (unpaired) electrons. The topological polar surface area (TPSA) is 130 Å². The molecule has 2 aliphatic heterocycles. The maximum absolute atomic E-state index is 13.6. The molecule has 1 saturated carbocycles. The van der Waals surface area contributed by atoms with E-state index in [9.17, 15) is 19.5 Å². The highest BCUT2D eigenvalue weighted by molar-refractivity contribution is 6.00. The fourth-order valence-electron chi connectivity index (χ4n) is 4.65. The highest BCUT2D eigenvalue weighted by Gasteiger charge is 2.35. The highest BCUT2D eigenvalue weighted by Crippen LogP contribution is 2.35. The predicted octanol–water partition coefficient (Wildman–Crippen LogP) is 3.15. The van der Waals surface area contributed by atoms with Crippen molar-refractivity contribution in [2.24, 2.45) is 11.8 Å². The number of carbonyl (C=O) groups excluding carboxylic acids is 3. The number of fused-ring (bicyclic) bond motifs is 2. The third-order valence-corrected chi connectivity index (χ3v) is 7.30. The van der Waals surface area contributed by atoms with Crippen LogP contribution < -0.4 is 24.8 Å². The molecule has 1 aliphatic carbocycles. The Morgan fingerprint density at radius 1 is 1.08 bits per heavy atom. The van der Waals surface area contributed by atoms with Gasteiger partial charge in [-0.1, -0.05) is 6.92 Å². The van der Waals surface area contributed by atoms with E-state index in [4.69, 9.17) is 14.2 Å². The number of hydrogen-bond donors (Lipinski definition) is 3. The third-order valence-electron chi connectivity index (χ3n) is 7.30. The van der Waals surface area contributed by atoms with Crippen molar-refractivity contribution in [2.75, 3.05) is 44.2 Å². The Labute approximate surface area is 227 Å². The lowest BCUT2D eigenvalue weighted by atomic mass is 9.99. The van der Waals surface area contributed by atoms with Crippen LogP contribution in [0.3, 0.4) is 0 Å². The van der Waals surface area contributed by atoms with Crippen LogP contribution in [0.2, 0.25) is 0 Å². The zero-order chi connectivity index (χ0) is 27.7. The standard InChI is InChI=1S/C28H34N4O7/c1-16-12-32(17(2)14-33)27(35)21-10-19(29-26(34)18-4-5-18)6-8-22(21)39-25(16)13-31(3)28(36)30-20-7-9-23-24(11-20)38-15-37-23/h6-11,16-18,25,33H,4-5,12-15H2,1-3H3,(H,29,34)(H,30,36)/t16-,17+,25+/m0/s1. The molecule has 0 bridgehead atoms. The van der Waals surface area contributed by atoms with Crippen LogP contribution in [-0.4, -0.2) is 78.4 Å². The molecule has 0 spiro atoms. The summed E-state index contributed by atoms with van der Waals surface area (Å²) in [6.45, 7) is 4.25. The monoisotopic (exact) mass is 538 g/mol. The van der Waals surface area contributed by atoms with Crippen LogP contribution in [-0.2, 0) is 4.79 Å². The molecule has 11 nitrogen and oxygen atoms in total. The molecule has 0 saturated heterocycles. The van der Waals surface area contributed by atoms with Crippen molar-refractivity contribution in [3.8, 4) is 17.2 Å². The smallest absolute Gasteiger partial charge is 0.321 e. The maximum atomic E-state index is 13.6. The van der Waals surface area contributed by atoms with Gasteiger partial charge >= 0.3 is 6.03 Å². The molecular weight excluding hydrogens is 504 g/mol. The molecule has 3 N–H and O–H groups in total. The predicted molar refractivity (Wildman–Crippen MR) is 143 cm³/mol. The Morgan fingerprint density at radius 3 is 2.49 bits per heavy atom. The number of nitrogens with one attached hydrogen (secondary N) is 2. The van der Waals surface area contributed by atoms with Crippen molar-refractivity contribution in [1.82, 2.24) is 9.80 Å². The largest absolute Gasteiger partial charge is 0.487 e. The number of likely N-dealkylation sites (N-methyl/N-ethyl adjacent to an activating group) is 1. The van der Waals surface area contributed by atoms with Crippen LogP contribution in [0.1, 0.15) is 37.0 Å². The molecular formula is C28H34N4O7. The van der Waals surface area contributed by atoms with Gasteiger partial charge in [-0.3, -0.25) is 9.59 Å². The van der Waals surface area contributed by atoms with Crippen molar-refractivity contribution < 1.29 is 33.7 Å². The zero-order valence-electron chi connectivity index (χ0n) is 22.3. The number of urea groups is 1. The Morgan fingerprint density at radius 2 is 1.77 bits per heavy atom. The molecule has 0 unspecified atom stereocenters. The molecule has 2 heterocycles. The Kier molecular flexibility index (Phi) is 7.51. The van der Waals surface area contributed by atoms with Crippen LogP contribution in [0, 0.1) is 11.8 Å². The molecule has 3 atom stereocenters. The molecule has 4 amide bonds. The highest BCUT2D eigenvalue weighted by atomic mass is 16.7. The van der Waals surface area contributed by atoms with Crippen molar-refractivity contribution in [3.63, 3.8) is 0 Å². The van der Waals surface area contributed by atoms with Gasteiger partial charge in [0.15, 0.2) is 11.5 Å². The molecule has 11 heteroatoms. The van der Waals surface area contributed by atoms with Gasteiger partial charge in [0, 0.05) is 42.9 Å². The third kappa shape index (κ3) is 5.88. The lowest BCUT2D eigenvalue weighted by Gasteiger charge is -2.38. The van der Waals surface area contributed by atoms with Crippen molar-refractivity contribution in [1.29, 1.82) is 0 Å². The Bertz CT molecular complexity index is 1260. The second kappa shape index (κ2) is 11.0. The van der Waals surface area contributed by atoms with Gasteiger partial charge in [0.2, 0.25) is 12.7 Å². The minimum absolute atomic E-state index is 0.0226. The molecule has 2 aromatic carbocycles. The minimum Gasteiger partial charge on any atom is -0.487 e. The first-order valence-electron chi connectivity index (χ1n) is 13.2. The average molecular weight is 539 g/mol. The van der Waals surface area contributed by atoms with E-state index in [1.807, 2.05) is 6.92 Å². The van der Waals surface area contributed by atoms with Crippen LogP contribution >= 0.6 is 0 Å². The van der Waals surface area contributed by atoms with E-state index in [-0.39, 0.29) is 49.6 Å². The van der Waals surface area contributed by atoms with Crippen LogP contribution in [0.5, 0.6) is 17.2 Å². The van der Waals surface area contributed by atoms with E-state index >= 15 is 0 Å². The number of ether oxygens (including phenoxy) is 3. The summed E-state index contributed by atoms with van der Waals surface area (Å²) in [6.07, 6.45) is 1.29. The first-order chi connectivity index (χ1) is 18.7. The van der Waals surface area contributed by atoms with Gasteiger partial charge in [-0.05, 0) is 50.1 Å². The van der Waals surface area contributed by atoms with Gasteiger partial charge in [0.25, 0.3) is 5.91 Å². The molecule has 5 rings (SSSR count). The molecule has 2 aromatic rings. The fraction of sp³-hybridized carbons (Fsp3) is 0.464. The van der Waals surface area contributed by atoms with Gasteiger partial charge in [0.05, 0.1) is 24.8 Å². The first kappa shape index (κ1) is 26.6. The molecule has 1 fully saturated rings. The zero-order valence-corrected chi connectivity index (χ0v) is 22.3. The first-order valence-corrected chi connectivity index (χ1v) is 13.2. The van der Waals surface area contributed by atoms with E-state index < -0.39 is 12.1 Å².